The van der Waals surface area contributed by atoms with E-state index < -0.39 is 0 Å². The van der Waals surface area contributed by atoms with Gasteiger partial charge in [-0.05, 0) is 6.07 Å². The van der Waals surface area contributed by atoms with Crippen molar-refractivity contribution in [2.75, 3.05) is 5.73 Å². The minimum atomic E-state index is -0.0868. The molecule has 0 spiro atoms. The van der Waals surface area contributed by atoms with Crippen molar-refractivity contribution >= 4 is 22.9 Å². The maximum atomic E-state index is 5.95. The lowest BCUT2D eigenvalue weighted by Crippen LogP contribution is -2.16. The van der Waals surface area contributed by atoms with Crippen LogP contribution in [0.1, 0.15) is 26.6 Å². The number of pyridine rings is 1. The number of nitrogens with two attached hydrogens (primary N) is 1. The largest absolute Gasteiger partial charge is 0.396 e. The Morgan fingerprint density at radius 2 is 2.00 bits per heavy atom. The van der Waals surface area contributed by atoms with E-state index >= 15 is 0 Å². The molecule has 2 heterocycles. The number of nitrogen functional groups attached to an aromatic ring is 1. The number of hydrogen-bond donors (Lipinski definition) is 1. The normalized spacial score (nSPS) is 12.3. The third-order valence-corrected chi connectivity index (χ3v) is 2.38. The van der Waals surface area contributed by atoms with E-state index in [-0.39, 0.29) is 5.41 Å². The molecule has 2 rings (SSSR count). The molecule has 2 aromatic heterocycles. The highest BCUT2D eigenvalue weighted by atomic mass is 35.5. The molecular formula is C10H13ClN4. The van der Waals surface area contributed by atoms with Crippen molar-refractivity contribution in [1.29, 1.82) is 0 Å². The van der Waals surface area contributed by atoms with Gasteiger partial charge in [-0.25, -0.2) is 0 Å². The number of hydrogen-bond acceptors (Lipinski definition) is 3. The van der Waals surface area contributed by atoms with Gasteiger partial charge in [0.05, 0.1) is 10.7 Å². The summed E-state index contributed by atoms with van der Waals surface area (Å²) in [6.07, 6.45) is 1.79. The molecule has 0 saturated carbocycles. The summed E-state index contributed by atoms with van der Waals surface area (Å²) in [5, 5.41) is 8.79. The van der Waals surface area contributed by atoms with Crippen LogP contribution in [0.3, 0.4) is 0 Å². The average Bonchev–Trinajstić information content (AvgIpc) is 2.45. The quantitative estimate of drug-likeness (QED) is 0.747. The van der Waals surface area contributed by atoms with E-state index in [1.54, 1.807) is 12.3 Å². The zero-order valence-electron chi connectivity index (χ0n) is 8.95. The number of nitrogens with zero attached hydrogens (tertiary/aromatic N) is 3. The number of anilines is 1. The summed E-state index contributed by atoms with van der Waals surface area (Å²) in [5.41, 5.74) is 6.92. The van der Waals surface area contributed by atoms with Gasteiger partial charge in [-0.2, -0.15) is 0 Å². The second-order valence-corrected chi connectivity index (χ2v) is 5.02. The number of fused-ring (bicyclic) bond motifs is 1. The van der Waals surface area contributed by atoms with Gasteiger partial charge < -0.3 is 5.73 Å². The minimum Gasteiger partial charge on any atom is -0.396 e. The zero-order chi connectivity index (χ0) is 11.2. The van der Waals surface area contributed by atoms with Crippen LogP contribution in [0.25, 0.3) is 5.65 Å². The van der Waals surface area contributed by atoms with Crippen molar-refractivity contribution < 1.29 is 0 Å². The Morgan fingerprint density at radius 3 is 2.60 bits per heavy atom. The van der Waals surface area contributed by atoms with Crippen molar-refractivity contribution in [1.82, 2.24) is 14.6 Å². The molecule has 0 fully saturated rings. The highest BCUT2D eigenvalue weighted by Crippen LogP contribution is 2.25. The van der Waals surface area contributed by atoms with E-state index in [0.717, 1.165) is 5.82 Å². The van der Waals surface area contributed by atoms with Crippen molar-refractivity contribution in [2.45, 2.75) is 26.2 Å². The molecule has 0 radical (unpaired) electrons. The zero-order valence-corrected chi connectivity index (χ0v) is 9.71. The maximum Gasteiger partial charge on any atom is 0.184 e. The Balaban J connectivity index is 2.80. The summed E-state index contributed by atoms with van der Waals surface area (Å²) in [4.78, 5) is 0. The van der Waals surface area contributed by atoms with Crippen LogP contribution in [0.15, 0.2) is 12.3 Å². The van der Waals surface area contributed by atoms with Crippen molar-refractivity contribution in [2.24, 2.45) is 0 Å². The van der Waals surface area contributed by atoms with Gasteiger partial charge in [-0.15, -0.1) is 10.2 Å². The van der Waals surface area contributed by atoms with Gasteiger partial charge in [0.15, 0.2) is 5.65 Å². The minimum absolute atomic E-state index is 0.0868. The summed E-state index contributed by atoms with van der Waals surface area (Å²) in [6, 6.07) is 1.68. The smallest absolute Gasteiger partial charge is 0.184 e. The van der Waals surface area contributed by atoms with E-state index in [2.05, 4.69) is 31.0 Å². The highest BCUT2D eigenvalue weighted by Gasteiger charge is 2.21. The fourth-order valence-corrected chi connectivity index (χ4v) is 1.71. The molecule has 2 aromatic rings. The third-order valence-electron chi connectivity index (χ3n) is 2.17. The van der Waals surface area contributed by atoms with Gasteiger partial charge in [0, 0.05) is 11.6 Å². The Labute approximate surface area is 93.1 Å². The molecule has 0 atom stereocenters. The van der Waals surface area contributed by atoms with Crippen LogP contribution in [-0.4, -0.2) is 14.6 Å². The lowest BCUT2D eigenvalue weighted by Gasteiger charge is -2.15. The SMILES string of the molecule is CC(C)(C)c1nnc2c(N)cc(Cl)cn12. The molecule has 4 nitrogen and oxygen atoms in total. The van der Waals surface area contributed by atoms with E-state index in [0.29, 0.717) is 16.4 Å². The topological polar surface area (TPSA) is 56.2 Å². The lowest BCUT2D eigenvalue weighted by molar-refractivity contribution is 0.539. The Kier molecular flexibility index (Phi) is 2.12. The summed E-state index contributed by atoms with van der Waals surface area (Å²) in [6.45, 7) is 6.21. The fraction of sp³-hybridized carbons (Fsp3) is 0.400. The Hall–Kier alpha value is -1.29. The molecule has 2 N–H and O–H groups in total. The monoisotopic (exact) mass is 224 g/mol. The second-order valence-electron chi connectivity index (χ2n) is 4.58. The fourth-order valence-electron chi connectivity index (χ4n) is 1.50. The molecule has 0 aliphatic rings. The molecule has 0 aromatic carbocycles. The van der Waals surface area contributed by atoms with Crippen molar-refractivity contribution in [3.8, 4) is 0 Å². The van der Waals surface area contributed by atoms with E-state index in [1.165, 1.54) is 0 Å². The van der Waals surface area contributed by atoms with E-state index in [9.17, 15) is 0 Å². The summed E-state index contributed by atoms with van der Waals surface area (Å²) < 4.78 is 1.84. The average molecular weight is 225 g/mol. The first-order valence-electron chi connectivity index (χ1n) is 4.70. The first-order chi connectivity index (χ1) is 6.89. The van der Waals surface area contributed by atoms with Gasteiger partial charge >= 0.3 is 0 Å². The first-order valence-corrected chi connectivity index (χ1v) is 5.07. The van der Waals surface area contributed by atoms with Gasteiger partial charge in [0.2, 0.25) is 0 Å². The van der Waals surface area contributed by atoms with Crippen LogP contribution < -0.4 is 5.73 Å². The molecule has 0 bridgehead atoms. The number of aromatic nitrogens is 3. The molecule has 15 heavy (non-hydrogen) atoms. The van der Waals surface area contributed by atoms with Crippen molar-refractivity contribution in [3.63, 3.8) is 0 Å². The predicted octanol–water partition coefficient (Wildman–Crippen LogP) is 2.26. The van der Waals surface area contributed by atoms with Crippen LogP contribution >= 0.6 is 11.6 Å². The molecule has 0 aliphatic carbocycles. The third kappa shape index (κ3) is 1.65. The predicted molar refractivity (Wildman–Crippen MR) is 61.1 cm³/mol. The van der Waals surface area contributed by atoms with Crippen LogP contribution in [0.5, 0.6) is 0 Å². The number of rotatable bonds is 0. The standard InChI is InChI=1S/C10H13ClN4/c1-10(2,3)9-14-13-8-7(12)4-6(11)5-15(8)9/h4-5H,12H2,1-3H3. The molecule has 0 aliphatic heterocycles. The van der Waals surface area contributed by atoms with Crippen LogP contribution in [0, 0.1) is 0 Å². The maximum absolute atomic E-state index is 5.95. The number of halogens is 1. The van der Waals surface area contributed by atoms with Gasteiger partial charge in [0.1, 0.15) is 5.82 Å². The van der Waals surface area contributed by atoms with E-state index in [4.69, 9.17) is 17.3 Å². The van der Waals surface area contributed by atoms with Gasteiger partial charge in [0.25, 0.3) is 0 Å². The second kappa shape index (κ2) is 3.10. The van der Waals surface area contributed by atoms with Gasteiger partial charge in [-0.1, -0.05) is 32.4 Å². The van der Waals surface area contributed by atoms with Gasteiger partial charge in [-0.3, -0.25) is 4.40 Å². The molecule has 5 heteroatoms. The first kappa shape index (κ1) is 10.2. The Morgan fingerprint density at radius 1 is 1.33 bits per heavy atom. The molecule has 0 unspecified atom stereocenters. The summed E-state index contributed by atoms with van der Waals surface area (Å²) in [7, 11) is 0. The van der Waals surface area contributed by atoms with E-state index in [1.807, 2.05) is 4.40 Å². The Bertz CT molecular complexity index is 510. The van der Waals surface area contributed by atoms with Crippen LogP contribution in [0.2, 0.25) is 5.02 Å². The van der Waals surface area contributed by atoms with Crippen molar-refractivity contribution in [3.05, 3.63) is 23.1 Å². The lowest BCUT2D eigenvalue weighted by atomic mass is 9.96. The highest BCUT2D eigenvalue weighted by molar-refractivity contribution is 6.30. The molecule has 80 valence electrons. The summed E-state index contributed by atoms with van der Waals surface area (Å²) >= 11 is 5.95. The molecule has 0 amide bonds. The summed E-state index contributed by atoms with van der Waals surface area (Å²) in [5.74, 6) is 0.853. The van der Waals surface area contributed by atoms with Crippen LogP contribution in [-0.2, 0) is 5.41 Å². The van der Waals surface area contributed by atoms with Crippen LogP contribution in [0.4, 0.5) is 5.69 Å². The molecular weight excluding hydrogens is 212 g/mol. The molecule has 0 saturated heterocycles.